The van der Waals surface area contributed by atoms with Gasteiger partial charge in [-0.2, -0.15) is 15.0 Å². The van der Waals surface area contributed by atoms with Gasteiger partial charge in [-0.05, 0) is 6.42 Å². The highest BCUT2D eigenvalue weighted by Gasteiger charge is 2.21. The molecule has 19 heavy (non-hydrogen) atoms. The molecule has 0 spiro atoms. The van der Waals surface area contributed by atoms with Crippen LogP contribution in [0.15, 0.2) is 12.4 Å². The Morgan fingerprint density at radius 1 is 1.26 bits per heavy atom. The number of aromatic nitrogens is 2. The minimum absolute atomic E-state index is 0.0279. The van der Waals surface area contributed by atoms with Crippen LogP contribution in [-0.4, -0.2) is 57.7 Å². The van der Waals surface area contributed by atoms with E-state index in [1.54, 1.807) is 9.80 Å². The number of nitriles is 1. The van der Waals surface area contributed by atoms with Crippen molar-refractivity contribution in [2.75, 3.05) is 26.2 Å². The summed E-state index contributed by atoms with van der Waals surface area (Å²) in [7, 11) is 0. The van der Waals surface area contributed by atoms with Crippen LogP contribution >= 0.6 is 0 Å². The van der Waals surface area contributed by atoms with Gasteiger partial charge in [0.25, 0.3) is 0 Å². The summed E-state index contributed by atoms with van der Waals surface area (Å²) in [6, 6.07) is 1.68. The molecule has 1 aliphatic heterocycles. The Morgan fingerprint density at radius 2 is 1.95 bits per heavy atom. The summed E-state index contributed by atoms with van der Waals surface area (Å²) in [5.41, 5.74) is 0.355. The fraction of sp³-hybridized carbons (Fsp3) is 0.500. The number of rotatable bonds is 0. The molecule has 1 fully saturated rings. The van der Waals surface area contributed by atoms with Gasteiger partial charge in [-0.15, -0.1) is 0 Å². The van der Waals surface area contributed by atoms with E-state index in [4.69, 9.17) is 5.26 Å². The van der Waals surface area contributed by atoms with Crippen molar-refractivity contribution < 1.29 is 9.59 Å². The molecule has 1 aromatic heterocycles. The lowest BCUT2D eigenvalue weighted by Crippen LogP contribution is -2.38. The van der Waals surface area contributed by atoms with Crippen LogP contribution in [0, 0.1) is 11.3 Å². The predicted molar refractivity (Wildman–Crippen MR) is 66.2 cm³/mol. The van der Waals surface area contributed by atoms with Crippen molar-refractivity contribution in [2.24, 2.45) is 0 Å². The van der Waals surface area contributed by atoms with E-state index in [1.807, 2.05) is 6.07 Å². The number of hydrogen-bond donors (Lipinski definition) is 0. The molecule has 1 aromatic rings. The Bertz CT molecular complexity index is 530. The van der Waals surface area contributed by atoms with Gasteiger partial charge in [0.1, 0.15) is 6.07 Å². The van der Waals surface area contributed by atoms with Crippen molar-refractivity contribution in [1.82, 2.24) is 19.6 Å². The maximum atomic E-state index is 12.2. The molecule has 100 valence electrons. The van der Waals surface area contributed by atoms with E-state index >= 15 is 0 Å². The Morgan fingerprint density at radius 3 is 2.58 bits per heavy atom. The fourth-order valence-electron chi connectivity index (χ4n) is 2.05. The predicted octanol–water partition coefficient (Wildman–Crippen LogP) is 0.277. The molecule has 0 unspecified atom stereocenters. The lowest BCUT2D eigenvalue weighted by atomic mass is 10.4. The van der Waals surface area contributed by atoms with Crippen LogP contribution in [0.3, 0.4) is 0 Å². The average Bonchev–Trinajstić information content (AvgIpc) is 2.74. The molecule has 0 saturated carbocycles. The summed E-state index contributed by atoms with van der Waals surface area (Å²) in [4.78, 5) is 26.9. The van der Waals surface area contributed by atoms with Crippen LogP contribution in [0.1, 0.15) is 18.9 Å². The minimum Gasteiger partial charge on any atom is -0.341 e. The van der Waals surface area contributed by atoms with Crippen LogP contribution in [0.4, 0.5) is 4.79 Å². The van der Waals surface area contributed by atoms with Gasteiger partial charge < -0.3 is 9.80 Å². The normalized spacial score (nSPS) is 15.8. The van der Waals surface area contributed by atoms with E-state index < -0.39 is 0 Å². The first kappa shape index (κ1) is 13.1. The SMILES string of the molecule is CC(=O)N1CCCN(C(=O)n2cc(C#N)cn2)CC1. The second-order valence-electron chi connectivity index (χ2n) is 4.41. The zero-order valence-electron chi connectivity index (χ0n) is 10.7. The summed E-state index contributed by atoms with van der Waals surface area (Å²) >= 11 is 0. The van der Waals surface area contributed by atoms with E-state index in [0.717, 1.165) is 6.42 Å². The van der Waals surface area contributed by atoms with Gasteiger partial charge in [-0.1, -0.05) is 0 Å². The van der Waals surface area contributed by atoms with Crippen molar-refractivity contribution in [3.8, 4) is 6.07 Å². The van der Waals surface area contributed by atoms with Crippen molar-refractivity contribution in [1.29, 1.82) is 5.26 Å². The molecule has 2 amide bonds. The van der Waals surface area contributed by atoms with Gasteiger partial charge in [0.15, 0.2) is 0 Å². The highest BCUT2D eigenvalue weighted by Crippen LogP contribution is 2.06. The van der Waals surface area contributed by atoms with Crippen molar-refractivity contribution in [2.45, 2.75) is 13.3 Å². The number of amides is 2. The third kappa shape index (κ3) is 2.91. The molecule has 1 saturated heterocycles. The second-order valence-corrected chi connectivity index (χ2v) is 4.41. The molecule has 0 atom stereocenters. The monoisotopic (exact) mass is 261 g/mol. The summed E-state index contributed by atoms with van der Waals surface area (Å²) in [6.45, 7) is 3.81. The zero-order valence-corrected chi connectivity index (χ0v) is 10.7. The minimum atomic E-state index is -0.257. The van der Waals surface area contributed by atoms with Crippen molar-refractivity contribution >= 4 is 11.9 Å². The number of carbonyl (C=O) groups is 2. The van der Waals surface area contributed by atoms with Gasteiger partial charge in [0.05, 0.1) is 18.0 Å². The number of carbonyl (C=O) groups excluding carboxylic acids is 2. The lowest BCUT2D eigenvalue weighted by Gasteiger charge is -2.20. The van der Waals surface area contributed by atoms with Crippen LogP contribution in [0.5, 0.6) is 0 Å². The summed E-state index contributed by atoms with van der Waals surface area (Å²) in [5.74, 6) is 0.0279. The first-order chi connectivity index (χ1) is 9.11. The first-order valence-corrected chi connectivity index (χ1v) is 6.11. The van der Waals surface area contributed by atoms with Crippen LogP contribution < -0.4 is 0 Å². The highest BCUT2D eigenvalue weighted by molar-refractivity contribution is 5.77. The van der Waals surface area contributed by atoms with Crippen molar-refractivity contribution in [3.63, 3.8) is 0 Å². The van der Waals surface area contributed by atoms with E-state index in [2.05, 4.69) is 5.10 Å². The van der Waals surface area contributed by atoms with E-state index in [1.165, 1.54) is 24.0 Å². The third-order valence-electron chi connectivity index (χ3n) is 3.12. The molecule has 0 N–H and O–H groups in total. The Labute approximate surface area is 111 Å². The fourth-order valence-corrected chi connectivity index (χ4v) is 2.05. The standard InChI is InChI=1S/C12H15N5O2/c1-10(18)15-3-2-4-16(6-5-15)12(19)17-9-11(7-13)8-14-17/h8-9H,2-6H2,1H3. The molecule has 7 nitrogen and oxygen atoms in total. The lowest BCUT2D eigenvalue weighted by molar-refractivity contribution is -0.128. The van der Waals surface area contributed by atoms with Gasteiger partial charge in [0.2, 0.25) is 5.91 Å². The molecule has 0 aromatic carbocycles. The quantitative estimate of drug-likeness (QED) is 0.671. The molecular formula is C12H15N5O2. The zero-order chi connectivity index (χ0) is 13.8. The van der Waals surface area contributed by atoms with Gasteiger partial charge >= 0.3 is 6.03 Å². The molecule has 2 rings (SSSR count). The van der Waals surface area contributed by atoms with Crippen molar-refractivity contribution in [3.05, 3.63) is 18.0 Å². The smallest absolute Gasteiger partial charge is 0.341 e. The average molecular weight is 261 g/mol. The molecule has 2 heterocycles. The van der Waals surface area contributed by atoms with E-state index in [0.29, 0.717) is 31.7 Å². The maximum absolute atomic E-state index is 12.2. The van der Waals surface area contributed by atoms with Crippen LogP contribution in [0.2, 0.25) is 0 Å². The molecule has 0 aliphatic carbocycles. The second kappa shape index (κ2) is 5.52. The topological polar surface area (TPSA) is 82.2 Å². The van der Waals surface area contributed by atoms with Crippen LogP contribution in [0.25, 0.3) is 0 Å². The highest BCUT2D eigenvalue weighted by atomic mass is 16.2. The summed E-state index contributed by atoms with van der Waals surface area (Å²) in [6.07, 6.45) is 3.52. The molecule has 1 aliphatic rings. The Kier molecular flexibility index (Phi) is 3.80. The molecule has 7 heteroatoms. The van der Waals surface area contributed by atoms with Gasteiger partial charge in [-0.3, -0.25) is 4.79 Å². The molecule has 0 radical (unpaired) electrons. The summed E-state index contributed by atoms with van der Waals surface area (Å²) in [5, 5.41) is 12.6. The van der Waals surface area contributed by atoms with E-state index in [-0.39, 0.29) is 11.9 Å². The number of nitrogens with zero attached hydrogens (tertiary/aromatic N) is 5. The molecule has 0 bridgehead atoms. The van der Waals surface area contributed by atoms with Crippen LogP contribution in [-0.2, 0) is 4.79 Å². The van der Waals surface area contributed by atoms with Gasteiger partial charge in [-0.25, -0.2) is 4.79 Å². The Hall–Kier alpha value is -2.36. The summed E-state index contributed by atoms with van der Waals surface area (Å²) < 4.78 is 1.17. The first-order valence-electron chi connectivity index (χ1n) is 6.11. The third-order valence-corrected chi connectivity index (χ3v) is 3.12. The Balaban J connectivity index is 2.04. The maximum Gasteiger partial charge on any atom is 0.344 e. The molecular weight excluding hydrogens is 246 g/mol. The van der Waals surface area contributed by atoms with E-state index in [9.17, 15) is 9.59 Å². The largest absolute Gasteiger partial charge is 0.344 e. The number of hydrogen-bond acceptors (Lipinski definition) is 4. The van der Waals surface area contributed by atoms with Gasteiger partial charge in [0, 0.05) is 33.1 Å².